The number of para-hydroxylation sites is 1. The van der Waals surface area contributed by atoms with E-state index in [9.17, 15) is 9.59 Å². The number of Topliss-reactive ketones (excluding diaryl/α,β-unsaturated/α-hetero) is 1. The molecule has 0 atom stereocenters. The fraction of sp³-hybridized carbons (Fsp3) is 0.348. The summed E-state index contributed by atoms with van der Waals surface area (Å²) in [5.74, 6) is 0.941. The van der Waals surface area contributed by atoms with E-state index in [0.29, 0.717) is 11.8 Å². The highest BCUT2D eigenvalue weighted by Crippen LogP contribution is 2.32. The van der Waals surface area contributed by atoms with E-state index in [1.54, 1.807) is 11.8 Å². The second-order valence-electron chi connectivity index (χ2n) is 7.27. The van der Waals surface area contributed by atoms with Crippen LogP contribution in [0, 0.1) is 0 Å². The molecular weight excluding hydrogens is 368 g/mol. The first-order valence-electron chi connectivity index (χ1n) is 9.96. The number of hydrogen-bond acceptors (Lipinski definition) is 4. The summed E-state index contributed by atoms with van der Waals surface area (Å²) in [5.41, 5.74) is 1.59. The Bertz CT molecular complexity index is 1020. The van der Waals surface area contributed by atoms with Crippen molar-refractivity contribution in [2.45, 2.75) is 49.7 Å². The van der Waals surface area contributed by atoms with Crippen molar-refractivity contribution in [2.24, 2.45) is 0 Å². The molecule has 1 aromatic heterocycles. The molecule has 0 aliphatic heterocycles. The zero-order valence-corrected chi connectivity index (χ0v) is 16.7. The number of hydrogen-bond donors (Lipinski definition) is 0. The van der Waals surface area contributed by atoms with Gasteiger partial charge < -0.3 is 0 Å². The van der Waals surface area contributed by atoms with E-state index in [4.69, 9.17) is 4.98 Å². The van der Waals surface area contributed by atoms with Gasteiger partial charge in [0.1, 0.15) is 0 Å². The lowest BCUT2D eigenvalue weighted by Crippen LogP contribution is -2.26. The van der Waals surface area contributed by atoms with Gasteiger partial charge in [-0.15, -0.1) is 0 Å². The van der Waals surface area contributed by atoms with E-state index < -0.39 is 0 Å². The van der Waals surface area contributed by atoms with Crippen LogP contribution >= 0.6 is 11.8 Å². The van der Waals surface area contributed by atoms with Gasteiger partial charge in [0.2, 0.25) is 0 Å². The van der Waals surface area contributed by atoms with E-state index in [2.05, 4.69) is 0 Å². The van der Waals surface area contributed by atoms with Gasteiger partial charge >= 0.3 is 0 Å². The molecule has 0 N–H and O–H groups in total. The van der Waals surface area contributed by atoms with Crippen LogP contribution in [-0.2, 0) is 0 Å². The van der Waals surface area contributed by atoms with E-state index >= 15 is 0 Å². The van der Waals surface area contributed by atoms with E-state index in [1.165, 1.54) is 12.8 Å². The van der Waals surface area contributed by atoms with E-state index in [1.807, 2.05) is 59.2 Å². The van der Waals surface area contributed by atoms with Crippen molar-refractivity contribution < 1.29 is 4.79 Å². The Morgan fingerprint density at radius 3 is 2.54 bits per heavy atom. The minimum Gasteiger partial charge on any atom is -0.294 e. The highest BCUT2D eigenvalue weighted by molar-refractivity contribution is 7.99. The lowest BCUT2D eigenvalue weighted by molar-refractivity contribution is 0.0982. The first-order valence-corrected chi connectivity index (χ1v) is 10.9. The molecule has 3 aromatic rings. The van der Waals surface area contributed by atoms with Crippen molar-refractivity contribution in [3.63, 3.8) is 0 Å². The fourth-order valence-corrected chi connectivity index (χ4v) is 4.88. The summed E-state index contributed by atoms with van der Waals surface area (Å²) in [7, 11) is 0. The minimum absolute atomic E-state index is 0.0698. The predicted molar refractivity (Wildman–Crippen MR) is 114 cm³/mol. The molecule has 0 unspecified atom stereocenters. The molecule has 0 saturated heterocycles. The number of nitrogens with zero attached hydrogens (tertiary/aromatic N) is 2. The third kappa shape index (κ3) is 4.04. The molecule has 1 aliphatic rings. The molecule has 0 radical (unpaired) electrons. The molecule has 1 saturated carbocycles. The first-order chi connectivity index (χ1) is 13.7. The van der Waals surface area contributed by atoms with Gasteiger partial charge in [-0.1, -0.05) is 67.1 Å². The van der Waals surface area contributed by atoms with Gasteiger partial charge in [0.15, 0.2) is 10.9 Å². The molecule has 4 nitrogen and oxygen atoms in total. The molecule has 28 heavy (non-hydrogen) atoms. The van der Waals surface area contributed by atoms with Crippen LogP contribution in [0.2, 0.25) is 0 Å². The van der Waals surface area contributed by atoms with Crippen LogP contribution in [0.1, 0.15) is 54.9 Å². The van der Waals surface area contributed by atoms with Crippen molar-refractivity contribution in [1.82, 2.24) is 9.55 Å². The van der Waals surface area contributed by atoms with Gasteiger partial charge in [0, 0.05) is 23.8 Å². The number of thioether (sulfide) groups is 1. The van der Waals surface area contributed by atoms with Crippen LogP contribution in [0.15, 0.2) is 64.5 Å². The molecule has 4 rings (SSSR count). The van der Waals surface area contributed by atoms with Crippen LogP contribution in [-0.4, -0.2) is 21.1 Å². The van der Waals surface area contributed by atoms with Gasteiger partial charge in [-0.25, -0.2) is 4.98 Å². The van der Waals surface area contributed by atoms with Gasteiger partial charge in [0.25, 0.3) is 5.56 Å². The number of carbonyl (C=O) groups excluding carboxylic acids is 1. The quantitative estimate of drug-likeness (QED) is 0.238. The number of carbonyl (C=O) groups is 1. The molecule has 0 bridgehead atoms. The number of fused-ring (bicyclic) bond motifs is 1. The summed E-state index contributed by atoms with van der Waals surface area (Å²) in [6.07, 6.45) is 5.70. The standard InChI is InChI=1S/C23H24N2O2S/c26-21(17-9-2-1-3-10-17)15-8-16-28-23-24-20-14-7-6-13-19(20)22(27)25(23)18-11-4-5-12-18/h1-3,6-7,9-10,13-14,18H,4-5,8,11-12,15-16H2. The van der Waals surface area contributed by atoms with E-state index in [-0.39, 0.29) is 17.4 Å². The Balaban J connectivity index is 1.50. The van der Waals surface area contributed by atoms with E-state index in [0.717, 1.165) is 41.3 Å². The third-order valence-electron chi connectivity index (χ3n) is 5.34. The highest BCUT2D eigenvalue weighted by atomic mass is 32.2. The number of rotatable bonds is 7. The molecule has 2 aromatic carbocycles. The Morgan fingerprint density at radius 2 is 1.75 bits per heavy atom. The Morgan fingerprint density at radius 1 is 1.04 bits per heavy atom. The molecule has 1 aliphatic carbocycles. The van der Waals surface area contributed by atoms with Crippen LogP contribution in [0.5, 0.6) is 0 Å². The highest BCUT2D eigenvalue weighted by Gasteiger charge is 2.22. The molecule has 5 heteroatoms. The first kappa shape index (κ1) is 18.9. The topological polar surface area (TPSA) is 52.0 Å². The van der Waals surface area contributed by atoms with Crippen LogP contribution in [0.3, 0.4) is 0 Å². The molecule has 1 fully saturated rings. The van der Waals surface area contributed by atoms with Crippen LogP contribution in [0.25, 0.3) is 10.9 Å². The second-order valence-corrected chi connectivity index (χ2v) is 8.33. The summed E-state index contributed by atoms with van der Waals surface area (Å²) >= 11 is 1.60. The van der Waals surface area contributed by atoms with Crippen molar-refractivity contribution in [3.05, 3.63) is 70.5 Å². The maximum atomic E-state index is 13.1. The van der Waals surface area contributed by atoms with Crippen molar-refractivity contribution in [3.8, 4) is 0 Å². The zero-order valence-electron chi connectivity index (χ0n) is 15.8. The average molecular weight is 393 g/mol. The third-order valence-corrected chi connectivity index (χ3v) is 6.38. The van der Waals surface area contributed by atoms with Crippen LogP contribution < -0.4 is 5.56 Å². The molecule has 144 valence electrons. The lowest BCUT2D eigenvalue weighted by atomic mass is 10.1. The largest absolute Gasteiger partial charge is 0.294 e. The minimum atomic E-state index is 0.0698. The zero-order chi connectivity index (χ0) is 19.3. The van der Waals surface area contributed by atoms with Gasteiger partial charge in [-0.05, 0) is 31.4 Å². The average Bonchev–Trinajstić information content (AvgIpc) is 3.26. The van der Waals surface area contributed by atoms with Gasteiger partial charge in [-0.2, -0.15) is 0 Å². The Labute approximate surface area is 169 Å². The van der Waals surface area contributed by atoms with Crippen molar-refractivity contribution in [1.29, 1.82) is 0 Å². The predicted octanol–water partition coefficient (Wildman–Crippen LogP) is 5.27. The normalized spacial score (nSPS) is 14.6. The summed E-state index contributed by atoms with van der Waals surface area (Å²) < 4.78 is 1.92. The van der Waals surface area contributed by atoms with Crippen LogP contribution in [0.4, 0.5) is 0 Å². The smallest absolute Gasteiger partial charge is 0.262 e. The summed E-state index contributed by atoms with van der Waals surface area (Å²) in [6.45, 7) is 0. The summed E-state index contributed by atoms with van der Waals surface area (Å²) in [6, 6.07) is 17.2. The maximum absolute atomic E-state index is 13.1. The second kappa shape index (κ2) is 8.74. The summed E-state index contributed by atoms with van der Waals surface area (Å²) in [5, 5.41) is 1.49. The molecular formula is C23H24N2O2S. The number of ketones is 1. The fourth-order valence-electron chi connectivity index (χ4n) is 3.88. The number of aromatic nitrogens is 2. The molecule has 0 spiro atoms. The Hall–Kier alpha value is -2.40. The summed E-state index contributed by atoms with van der Waals surface area (Å²) in [4.78, 5) is 30.2. The van der Waals surface area contributed by atoms with Crippen molar-refractivity contribution >= 4 is 28.4 Å². The molecule has 1 heterocycles. The van der Waals surface area contributed by atoms with Gasteiger partial charge in [-0.3, -0.25) is 14.2 Å². The van der Waals surface area contributed by atoms with Crippen molar-refractivity contribution in [2.75, 3.05) is 5.75 Å². The maximum Gasteiger partial charge on any atom is 0.262 e. The lowest BCUT2D eigenvalue weighted by Gasteiger charge is -2.18. The SMILES string of the molecule is O=C(CCCSc1nc2ccccc2c(=O)n1C1CCCC1)c1ccccc1. The monoisotopic (exact) mass is 392 g/mol. The Kier molecular flexibility index (Phi) is 5.91. The number of benzene rings is 2. The molecule has 0 amide bonds. The van der Waals surface area contributed by atoms with Gasteiger partial charge in [0.05, 0.1) is 10.9 Å².